The first-order valence-electron chi connectivity index (χ1n) is 3.22. The molecule has 0 unspecified atom stereocenters. The molecular formula is C7H8O4S. The van der Waals surface area contributed by atoms with Gasteiger partial charge in [-0.25, -0.2) is 8.42 Å². The Morgan fingerprint density at radius 3 is 2.42 bits per heavy atom. The minimum Gasteiger partial charge on any atom is -0.726 e. The van der Waals surface area contributed by atoms with Gasteiger partial charge in [-0.3, -0.25) is 4.18 Å². The lowest BCUT2D eigenvalue weighted by molar-refractivity contribution is 0.253. The summed E-state index contributed by atoms with van der Waals surface area (Å²) in [5.74, 6) is 0. The van der Waals surface area contributed by atoms with Gasteiger partial charge < -0.3 is 4.55 Å². The average molecular weight is 188 g/mol. The molecule has 0 aliphatic carbocycles. The summed E-state index contributed by atoms with van der Waals surface area (Å²) < 4.78 is 34.1. The van der Waals surface area contributed by atoms with E-state index in [-0.39, 0.29) is 8.03 Å². The van der Waals surface area contributed by atoms with Gasteiger partial charge in [-0.15, -0.1) is 0 Å². The van der Waals surface area contributed by atoms with E-state index in [4.69, 9.17) is 0 Å². The van der Waals surface area contributed by atoms with Crippen molar-refractivity contribution >= 4 is 10.4 Å². The molecule has 0 spiro atoms. The van der Waals surface area contributed by atoms with E-state index < -0.39 is 10.4 Å². The van der Waals surface area contributed by atoms with Gasteiger partial charge in [0.2, 0.25) is 10.4 Å². The normalized spacial score (nSPS) is 11.4. The van der Waals surface area contributed by atoms with E-state index in [1.807, 2.05) is 0 Å². The standard InChI is InChI=1S/C7H8O4S/c8-12(9,10)11-6-7-4-2-1-3-5-7/h1-5H,6H2,(H,8,9,10). The summed E-state index contributed by atoms with van der Waals surface area (Å²) >= 11 is 0. The van der Waals surface area contributed by atoms with Gasteiger partial charge in [-0.2, -0.15) is 0 Å². The van der Waals surface area contributed by atoms with Gasteiger partial charge in [0.25, 0.3) is 0 Å². The maximum Gasteiger partial charge on any atom is 1.00 e. The second kappa shape index (κ2) is 3.66. The van der Waals surface area contributed by atoms with E-state index in [0.29, 0.717) is 5.56 Å². The predicted molar refractivity (Wildman–Crippen MR) is 42.0 cm³/mol. The lowest BCUT2D eigenvalue weighted by Gasteiger charge is -2.06. The van der Waals surface area contributed by atoms with Crippen molar-refractivity contribution in [2.45, 2.75) is 6.61 Å². The third-order valence-electron chi connectivity index (χ3n) is 1.21. The van der Waals surface area contributed by atoms with E-state index in [0.717, 1.165) is 0 Å². The highest BCUT2D eigenvalue weighted by atomic mass is 32.3. The van der Waals surface area contributed by atoms with Crippen LogP contribution in [0.2, 0.25) is 0 Å². The van der Waals surface area contributed by atoms with Crippen molar-refractivity contribution in [2.75, 3.05) is 0 Å². The van der Waals surface area contributed by atoms with Crippen LogP contribution in [0, 0.1) is 0 Å². The van der Waals surface area contributed by atoms with Gasteiger partial charge in [0.15, 0.2) is 0 Å². The molecule has 1 rings (SSSR count). The van der Waals surface area contributed by atoms with Crippen molar-refractivity contribution in [2.24, 2.45) is 0 Å². The third kappa shape index (κ3) is 3.47. The highest BCUT2D eigenvalue weighted by Gasteiger charge is 1.95. The van der Waals surface area contributed by atoms with Crippen LogP contribution < -0.4 is 0 Å². The first-order chi connectivity index (χ1) is 5.58. The largest absolute Gasteiger partial charge is 1.00 e. The maximum absolute atomic E-state index is 10.0. The Hall–Kier alpha value is -0.910. The van der Waals surface area contributed by atoms with Crippen LogP contribution in [0.25, 0.3) is 0 Å². The molecule has 0 N–H and O–H groups in total. The second-order valence-corrected chi connectivity index (χ2v) is 3.21. The quantitative estimate of drug-likeness (QED) is 0.519. The zero-order chi connectivity index (χ0) is 9.03. The molecule has 0 saturated carbocycles. The Labute approximate surface area is 72.2 Å². The average Bonchev–Trinajstić information content (AvgIpc) is 2.02. The minimum atomic E-state index is -4.57. The lowest BCUT2D eigenvalue weighted by atomic mass is 10.2. The highest BCUT2D eigenvalue weighted by molar-refractivity contribution is 7.80. The Bertz CT molecular complexity index is 335. The maximum atomic E-state index is 10.0. The molecule has 0 saturated heterocycles. The van der Waals surface area contributed by atoms with Crippen LogP contribution in [0.15, 0.2) is 30.3 Å². The van der Waals surface area contributed by atoms with Gasteiger partial charge in [-0.1, -0.05) is 30.3 Å². The molecule has 0 heterocycles. The SMILES string of the molecule is O=S(=O)([O-])OCc1ccccc1.[H+]. The Morgan fingerprint density at radius 1 is 1.33 bits per heavy atom. The smallest absolute Gasteiger partial charge is 0.726 e. The molecule has 0 aromatic heterocycles. The molecular weight excluding hydrogens is 180 g/mol. The van der Waals surface area contributed by atoms with Gasteiger partial charge in [0.1, 0.15) is 0 Å². The summed E-state index contributed by atoms with van der Waals surface area (Å²) in [5, 5.41) is 0. The number of hydrogen-bond donors (Lipinski definition) is 0. The third-order valence-corrected chi connectivity index (χ3v) is 1.62. The van der Waals surface area contributed by atoms with Crippen LogP contribution in [-0.2, 0) is 21.2 Å². The first-order valence-corrected chi connectivity index (χ1v) is 4.55. The van der Waals surface area contributed by atoms with E-state index in [9.17, 15) is 13.0 Å². The van der Waals surface area contributed by atoms with E-state index >= 15 is 0 Å². The zero-order valence-corrected chi connectivity index (χ0v) is 6.95. The van der Waals surface area contributed by atoms with Crippen LogP contribution in [0.1, 0.15) is 6.99 Å². The Kier molecular flexibility index (Phi) is 2.80. The minimum absolute atomic E-state index is 0. The highest BCUT2D eigenvalue weighted by Crippen LogP contribution is 2.01. The fourth-order valence-electron chi connectivity index (χ4n) is 0.714. The van der Waals surface area contributed by atoms with Crippen LogP contribution in [0.3, 0.4) is 0 Å². The summed E-state index contributed by atoms with van der Waals surface area (Å²) in [6.07, 6.45) is 0. The van der Waals surface area contributed by atoms with Crippen LogP contribution in [-0.4, -0.2) is 13.0 Å². The van der Waals surface area contributed by atoms with Crippen LogP contribution in [0.4, 0.5) is 0 Å². The summed E-state index contributed by atoms with van der Waals surface area (Å²) in [6, 6.07) is 8.60. The summed E-state index contributed by atoms with van der Waals surface area (Å²) in [5.41, 5.74) is 0.650. The molecule has 0 radical (unpaired) electrons. The van der Waals surface area contributed by atoms with Gasteiger partial charge in [-0.05, 0) is 5.56 Å². The number of hydrogen-bond acceptors (Lipinski definition) is 4. The van der Waals surface area contributed by atoms with Crippen LogP contribution >= 0.6 is 0 Å². The number of benzene rings is 1. The molecule has 0 fully saturated rings. The molecule has 66 valence electrons. The Morgan fingerprint density at radius 2 is 1.92 bits per heavy atom. The van der Waals surface area contributed by atoms with E-state index in [1.54, 1.807) is 30.3 Å². The summed E-state index contributed by atoms with van der Waals surface area (Å²) in [6.45, 7) is -0.202. The van der Waals surface area contributed by atoms with Crippen molar-refractivity contribution in [3.05, 3.63) is 35.9 Å². The molecule has 0 bridgehead atoms. The molecule has 1 aromatic rings. The molecule has 5 heteroatoms. The molecule has 12 heavy (non-hydrogen) atoms. The zero-order valence-electron chi connectivity index (χ0n) is 7.14. The van der Waals surface area contributed by atoms with Crippen molar-refractivity contribution in [3.8, 4) is 0 Å². The van der Waals surface area contributed by atoms with Crippen molar-refractivity contribution in [1.82, 2.24) is 0 Å². The van der Waals surface area contributed by atoms with E-state index in [1.165, 1.54) is 0 Å². The fourth-order valence-corrected chi connectivity index (χ4v) is 0.995. The van der Waals surface area contributed by atoms with Gasteiger partial charge in [0.05, 0.1) is 6.61 Å². The molecule has 4 nitrogen and oxygen atoms in total. The lowest BCUT2D eigenvalue weighted by Crippen LogP contribution is -2.03. The molecule has 0 amide bonds. The van der Waals surface area contributed by atoms with Crippen molar-refractivity contribution in [1.29, 1.82) is 0 Å². The topological polar surface area (TPSA) is 66.4 Å². The van der Waals surface area contributed by atoms with Gasteiger partial charge >= 0.3 is 1.43 Å². The Balaban J connectivity index is 0.00000144. The van der Waals surface area contributed by atoms with Gasteiger partial charge in [0, 0.05) is 0 Å². The van der Waals surface area contributed by atoms with E-state index in [2.05, 4.69) is 4.18 Å². The summed E-state index contributed by atoms with van der Waals surface area (Å²) in [4.78, 5) is 0. The molecule has 1 aromatic carbocycles. The molecule has 0 aliphatic heterocycles. The second-order valence-electron chi connectivity index (χ2n) is 2.16. The molecule has 0 aliphatic rings. The summed E-state index contributed by atoms with van der Waals surface area (Å²) in [7, 11) is -4.57. The monoisotopic (exact) mass is 188 g/mol. The predicted octanol–water partition coefficient (Wildman–Crippen LogP) is 0.776. The fraction of sp³-hybridized carbons (Fsp3) is 0.143. The van der Waals surface area contributed by atoms with Crippen molar-refractivity contribution in [3.63, 3.8) is 0 Å². The first kappa shape index (κ1) is 9.18. The number of rotatable bonds is 3. The molecule has 0 atom stereocenters. The van der Waals surface area contributed by atoms with Crippen LogP contribution in [0.5, 0.6) is 0 Å². The van der Waals surface area contributed by atoms with Crippen molar-refractivity contribution < 1.29 is 18.6 Å².